The topological polar surface area (TPSA) is 30.2 Å². The first-order valence-electron chi connectivity index (χ1n) is 6.98. The number of aromatic nitrogens is 1. The van der Waals surface area contributed by atoms with Crippen molar-refractivity contribution in [1.29, 1.82) is 0 Å². The zero-order valence-corrected chi connectivity index (χ0v) is 12.7. The number of nitrogens with zero attached hydrogens (tertiary/aromatic N) is 1. The summed E-state index contributed by atoms with van der Waals surface area (Å²) in [4.78, 5) is 12.4. The smallest absolute Gasteiger partial charge is 0.377 e. The largest absolute Gasteiger partial charge is 0.428 e. The Morgan fingerprint density at radius 1 is 1.00 bits per heavy atom. The molecular weight excluding hydrogens is 298 g/mol. The quantitative estimate of drug-likeness (QED) is 0.409. The van der Waals surface area contributed by atoms with Crippen LogP contribution in [0.4, 0.5) is 0 Å². The number of rotatable bonds is 5. The van der Waals surface area contributed by atoms with Gasteiger partial charge in [0.05, 0.1) is 5.39 Å². The van der Waals surface area contributed by atoms with E-state index >= 15 is 0 Å². The van der Waals surface area contributed by atoms with E-state index in [1.807, 2.05) is 66.9 Å². The van der Waals surface area contributed by atoms with Gasteiger partial charge in [-0.05, 0) is 11.5 Å². The average molecular weight is 313 g/mol. The van der Waals surface area contributed by atoms with Crippen LogP contribution in [0.5, 0.6) is 5.88 Å². The van der Waals surface area contributed by atoms with Gasteiger partial charge < -0.3 is 4.74 Å². The van der Waals surface area contributed by atoms with E-state index in [1.54, 1.807) is 4.57 Å². The zero-order valence-electron chi connectivity index (χ0n) is 11.9. The minimum Gasteiger partial charge on any atom is -0.428 e. The first kappa shape index (κ1) is 14.5. The predicted octanol–water partition coefficient (Wildman–Crippen LogP) is 3.59. The fourth-order valence-electron chi connectivity index (χ4n) is 2.44. The Morgan fingerprint density at radius 2 is 1.73 bits per heavy atom. The number of carbonyl (C=O) groups excluding carboxylic acids is 1. The second kappa shape index (κ2) is 6.58. The third-order valence-electron chi connectivity index (χ3n) is 3.49. The third kappa shape index (κ3) is 2.95. The summed E-state index contributed by atoms with van der Waals surface area (Å²) in [7, 11) is 0. The zero-order chi connectivity index (χ0) is 15.4. The number of ether oxygens (including phenoxy) is 1. The molecule has 3 rings (SSSR count). The Labute approximate surface area is 133 Å². The van der Waals surface area contributed by atoms with Gasteiger partial charge in [-0.15, -0.1) is 0 Å². The summed E-state index contributed by atoms with van der Waals surface area (Å²) >= 11 is 5.74. The Bertz CT molecular complexity index is 803. The summed E-state index contributed by atoms with van der Waals surface area (Å²) in [5, 5.41) is 1.98. The summed E-state index contributed by atoms with van der Waals surface area (Å²) in [6.07, 6.45) is 1.85. The highest BCUT2D eigenvalue weighted by Gasteiger charge is 2.20. The summed E-state index contributed by atoms with van der Waals surface area (Å²) in [5.74, 6) is 0.637. The van der Waals surface area contributed by atoms with Gasteiger partial charge in [-0.1, -0.05) is 60.1 Å². The van der Waals surface area contributed by atoms with E-state index in [0.717, 1.165) is 10.8 Å². The molecule has 4 heteroatoms. The van der Waals surface area contributed by atoms with Gasteiger partial charge >= 0.3 is 5.88 Å². The number of ketones is 1. The van der Waals surface area contributed by atoms with Crippen molar-refractivity contribution in [2.45, 2.75) is 6.54 Å². The molecule has 0 saturated heterocycles. The van der Waals surface area contributed by atoms with E-state index in [9.17, 15) is 4.79 Å². The first-order valence-corrected chi connectivity index (χ1v) is 7.51. The predicted molar refractivity (Wildman–Crippen MR) is 86.3 cm³/mol. The molecule has 0 saturated carbocycles. The lowest BCUT2D eigenvalue weighted by Crippen LogP contribution is -2.39. The molecule has 0 N–H and O–H groups in total. The van der Waals surface area contributed by atoms with E-state index < -0.39 is 0 Å². The molecule has 22 heavy (non-hydrogen) atoms. The molecule has 0 atom stereocenters. The number of benzene rings is 2. The van der Waals surface area contributed by atoms with Gasteiger partial charge in [0, 0.05) is 11.6 Å². The Morgan fingerprint density at radius 3 is 2.50 bits per heavy atom. The minimum absolute atomic E-state index is 0.0281. The van der Waals surface area contributed by atoms with E-state index in [2.05, 4.69) is 0 Å². The van der Waals surface area contributed by atoms with Crippen molar-refractivity contribution in [2.75, 3.05) is 6.07 Å². The van der Waals surface area contributed by atoms with Gasteiger partial charge in [0.25, 0.3) is 0 Å². The van der Waals surface area contributed by atoms with E-state index in [-0.39, 0.29) is 18.4 Å². The maximum Gasteiger partial charge on any atom is 0.377 e. The molecule has 0 aliphatic carbocycles. The molecule has 110 valence electrons. The van der Waals surface area contributed by atoms with Gasteiger partial charge in [-0.2, -0.15) is 4.57 Å². The molecule has 0 amide bonds. The van der Waals surface area contributed by atoms with Gasteiger partial charge in [-0.25, -0.2) is 0 Å². The van der Waals surface area contributed by atoms with E-state index in [4.69, 9.17) is 16.3 Å². The summed E-state index contributed by atoms with van der Waals surface area (Å²) in [5.41, 5.74) is 0.681. The fourth-order valence-corrected chi connectivity index (χ4v) is 2.54. The second-order valence-electron chi connectivity index (χ2n) is 4.88. The molecule has 0 aliphatic heterocycles. The highest BCUT2D eigenvalue weighted by molar-refractivity contribution is 6.17. The average Bonchev–Trinajstić information content (AvgIpc) is 2.58. The van der Waals surface area contributed by atoms with Crippen molar-refractivity contribution in [3.05, 3.63) is 72.4 Å². The lowest BCUT2D eigenvalue weighted by Gasteiger charge is -2.06. The lowest BCUT2D eigenvalue weighted by molar-refractivity contribution is -0.686. The number of Topliss-reactive ketones (excluding diaryl/α,β-unsaturated/α-hetero) is 1. The van der Waals surface area contributed by atoms with Gasteiger partial charge in [-0.3, -0.25) is 4.79 Å². The van der Waals surface area contributed by atoms with Crippen LogP contribution in [-0.4, -0.2) is 11.8 Å². The number of carbonyl (C=O) groups is 1. The molecule has 0 radical (unpaired) electrons. The van der Waals surface area contributed by atoms with Crippen LogP contribution in [0.3, 0.4) is 0 Å². The Hall–Kier alpha value is -2.39. The summed E-state index contributed by atoms with van der Waals surface area (Å²) in [6, 6.07) is 19.1. The molecule has 1 heterocycles. The van der Waals surface area contributed by atoms with Crippen molar-refractivity contribution < 1.29 is 14.1 Å². The SMILES string of the molecule is O=C(C[n+]1ccc2ccccc2c1OCCl)c1ccccc1. The van der Waals surface area contributed by atoms with Crippen LogP contribution >= 0.6 is 11.6 Å². The Kier molecular flexibility index (Phi) is 4.35. The van der Waals surface area contributed by atoms with E-state index in [1.165, 1.54) is 0 Å². The standard InChI is InChI=1S/C18H15ClNO2/c19-13-22-18-16-9-5-4-6-14(16)10-11-20(18)12-17(21)15-7-2-1-3-8-15/h1-11H,12-13H2/q+1. The van der Waals surface area contributed by atoms with Crippen LogP contribution in [0, 0.1) is 0 Å². The van der Waals surface area contributed by atoms with Crippen molar-refractivity contribution in [1.82, 2.24) is 0 Å². The van der Waals surface area contributed by atoms with Gasteiger partial charge in [0.15, 0.2) is 12.3 Å². The molecule has 0 aliphatic rings. The maximum absolute atomic E-state index is 12.4. The molecule has 3 nitrogen and oxygen atoms in total. The molecule has 3 aromatic rings. The summed E-state index contributed by atoms with van der Waals surface area (Å²) in [6.45, 7) is 0.209. The minimum atomic E-state index is 0.0281. The van der Waals surface area contributed by atoms with E-state index in [0.29, 0.717) is 11.4 Å². The monoisotopic (exact) mass is 312 g/mol. The first-order chi connectivity index (χ1) is 10.8. The highest BCUT2D eigenvalue weighted by Crippen LogP contribution is 2.21. The van der Waals surface area contributed by atoms with Crippen LogP contribution in [0.1, 0.15) is 10.4 Å². The number of hydrogen-bond donors (Lipinski definition) is 0. The number of fused-ring (bicyclic) bond motifs is 1. The number of hydrogen-bond acceptors (Lipinski definition) is 2. The second-order valence-corrected chi connectivity index (χ2v) is 5.10. The van der Waals surface area contributed by atoms with Crippen molar-refractivity contribution in [3.8, 4) is 5.88 Å². The van der Waals surface area contributed by atoms with Crippen LogP contribution in [0.25, 0.3) is 10.8 Å². The molecule has 2 aromatic carbocycles. The van der Waals surface area contributed by atoms with Crippen LogP contribution in [0.15, 0.2) is 66.9 Å². The molecular formula is C18H15ClNO2+. The van der Waals surface area contributed by atoms with Crippen LogP contribution in [0.2, 0.25) is 0 Å². The fraction of sp³-hybridized carbons (Fsp3) is 0.111. The van der Waals surface area contributed by atoms with Crippen molar-refractivity contribution in [2.24, 2.45) is 0 Å². The molecule has 1 aromatic heterocycles. The normalized spacial score (nSPS) is 10.6. The van der Waals surface area contributed by atoms with Crippen molar-refractivity contribution >= 4 is 28.2 Å². The Balaban J connectivity index is 1.99. The number of halogens is 1. The lowest BCUT2D eigenvalue weighted by atomic mass is 10.1. The maximum atomic E-state index is 12.4. The van der Waals surface area contributed by atoms with Crippen LogP contribution in [-0.2, 0) is 6.54 Å². The molecule has 0 fully saturated rings. The molecule has 0 unspecified atom stereocenters. The molecule has 0 bridgehead atoms. The highest BCUT2D eigenvalue weighted by atomic mass is 35.5. The van der Waals surface area contributed by atoms with Gasteiger partial charge in [0.2, 0.25) is 12.3 Å². The summed E-state index contributed by atoms with van der Waals surface area (Å²) < 4.78 is 7.35. The third-order valence-corrected chi connectivity index (χ3v) is 3.60. The molecule has 0 spiro atoms. The number of alkyl halides is 1. The van der Waals surface area contributed by atoms with Crippen molar-refractivity contribution in [3.63, 3.8) is 0 Å². The van der Waals surface area contributed by atoms with Gasteiger partial charge in [0.1, 0.15) is 0 Å². The van der Waals surface area contributed by atoms with Crippen LogP contribution < -0.4 is 9.30 Å². The number of pyridine rings is 1.